The van der Waals surface area contributed by atoms with Crippen molar-refractivity contribution in [1.29, 1.82) is 0 Å². The van der Waals surface area contributed by atoms with Crippen LogP contribution in [-0.4, -0.2) is 36.4 Å². The molecule has 29 heavy (non-hydrogen) atoms. The zero-order chi connectivity index (χ0) is 21.0. The number of amides is 3. The Kier molecular flexibility index (Phi) is 5.76. The molecule has 0 unspecified atom stereocenters. The Balaban J connectivity index is 1.82. The highest BCUT2D eigenvalue weighted by Crippen LogP contribution is 2.30. The van der Waals surface area contributed by atoms with Crippen molar-refractivity contribution in [1.82, 2.24) is 10.3 Å². The van der Waals surface area contributed by atoms with Gasteiger partial charge in [0, 0.05) is 5.56 Å². The van der Waals surface area contributed by atoms with E-state index >= 15 is 0 Å². The molecule has 1 aliphatic heterocycles. The summed E-state index contributed by atoms with van der Waals surface area (Å²) in [5, 5.41) is 7.33. The second kappa shape index (κ2) is 8.26. The third kappa shape index (κ3) is 4.18. The van der Waals surface area contributed by atoms with Crippen LogP contribution in [0.4, 0.5) is 13.6 Å². The number of alkyl halides is 2. The van der Waals surface area contributed by atoms with Crippen molar-refractivity contribution >= 4 is 18.2 Å². The van der Waals surface area contributed by atoms with E-state index in [0.717, 1.165) is 5.01 Å². The number of nitrogens with one attached hydrogen (secondary N) is 1. The van der Waals surface area contributed by atoms with Gasteiger partial charge in [-0.25, -0.2) is 4.79 Å². The van der Waals surface area contributed by atoms with Crippen LogP contribution in [0.5, 0.6) is 11.5 Å². The Morgan fingerprint density at radius 3 is 2.52 bits per heavy atom. The number of imide groups is 1. The van der Waals surface area contributed by atoms with Crippen molar-refractivity contribution in [3.05, 3.63) is 59.7 Å². The van der Waals surface area contributed by atoms with Crippen molar-refractivity contribution in [3.63, 3.8) is 0 Å². The number of hydrogen-bond donors (Lipinski definition) is 1. The van der Waals surface area contributed by atoms with Crippen LogP contribution in [-0.2, 0) is 10.3 Å². The van der Waals surface area contributed by atoms with Crippen molar-refractivity contribution < 1.29 is 27.8 Å². The predicted octanol–water partition coefficient (Wildman–Crippen LogP) is 3.49. The summed E-state index contributed by atoms with van der Waals surface area (Å²) in [4.78, 5) is 25.2. The van der Waals surface area contributed by atoms with Crippen LogP contribution in [0.25, 0.3) is 0 Å². The van der Waals surface area contributed by atoms with E-state index in [9.17, 15) is 18.4 Å². The molecule has 1 atom stereocenters. The highest BCUT2D eigenvalue weighted by molar-refractivity contribution is 6.07. The van der Waals surface area contributed by atoms with Gasteiger partial charge in [-0.2, -0.15) is 13.9 Å². The van der Waals surface area contributed by atoms with Crippen molar-refractivity contribution in [2.24, 2.45) is 5.10 Å². The molecule has 1 aliphatic rings. The average molecular weight is 403 g/mol. The fourth-order valence-electron chi connectivity index (χ4n) is 2.89. The lowest BCUT2D eigenvalue weighted by Gasteiger charge is -2.21. The number of benzene rings is 2. The molecule has 0 aliphatic carbocycles. The first-order valence-corrected chi connectivity index (χ1v) is 8.83. The Morgan fingerprint density at radius 2 is 1.86 bits per heavy atom. The molecule has 152 valence electrons. The third-order valence-corrected chi connectivity index (χ3v) is 4.36. The van der Waals surface area contributed by atoms with Gasteiger partial charge in [0.25, 0.3) is 5.91 Å². The number of rotatable bonds is 7. The summed E-state index contributed by atoms with van der Waals surface area (Å²) in [5.74, 6) is -0.0788. The normalized spacial score (nSPS) is 19.1. The molecular formula is C20H19F2N3O4. The summed E-state index contributed by atoms with van der Waals surface area (Å²) in [6, 6.07) is 11.9. The van der Waals surface area contributed by atoms with Gasteiger partial charge in [0.1, 0.15) is 17.0 Å². The highest BCUT2D eigenvalue weighted by atomic mass is 19.3. The van der Waals surface area contributed by atoms with Gasteiger partial charge in [-0.1, -0.05) is 24.3 Å². The van der Waals surface area contributed by atoms with E-state index in [0.29, 0.717) is 23.5 Å². The van der Waals surface area contributed by atoms with Gasteiger partial charge in [-0.15, -0.1) is 5.01 Å². The second-order valence-electron chi connectivity index (χ2n) is 6.29. The number of carbonyl (C=O) groups excluding carboxylic acids is 2. The van der Waals surface area contributed by atoms with Gasteiger partial charge in [0.05, 0.1) is 12.8 Å². The minimum absolute atomic E-state index is 0.0495. The van der Waals surface area contributed by atoms with E-state index in [1.54, 1.807) is 24.3 Å². The number of nitrogens with zero attached hydrogens (tertiary/aromatic N) is 2. The monoisotopic (exact) mass is 403 g/mol. The van der Waals surface area contributed by atoms with E-state index in [2.05, 4.69) is 15.2 Å². The molecule has 3 amide bonds. The van der Waals surface area contributed by atoms with Crippen molar-refractivity contribution in [2.45, 2.75) is 26.0 Å². The molecule has 1 saturated heterocycles. The average Bonchev–Trinajstić information content (AvgIpc) is 2.91. The van der Waals surface area contributed by atoms with Gasteiger partial charge < -0.3 is 14.8 Å². The fraction of sp³-hybridized carbons (Fsp3) is 0.250. The number of hydrogen-bond acceptors (Lipinski definition) is 5. The topological polar surface area (TPSA) is 80.2 Å². The Morgan fingerprint density at radius 1 is 1.17 bits per heavy atom. The Labute approximate surface area is 165 Å². The number of para-hydroxylation sites is 1. The quantitative estimate of drug-likeness (QED) is 0.567. The van der Waals surface area contributed by atoms with E-state index in [1.165, 1.54) is 37.4 Å². The standard InChI is InChI=1S/C20H19F2N3O4/c1-3-28-16-7-5-4-6-13(16)12-23-25-17(26)20(2,24-19(25)27)14-8-10-15(11-9-14)29-18(21)22/h4-12,18H,3H2,1-2H3,(H,24,27)/b23-12-/t20-/m0/s1. The van der Waals surface area contributed by atoms with Gasteiger partial charge in [0.15, 0.2) is 0 Å². The van der Waals surface area contributed by atoms with Crippen LogP contribution in [0.3, 0.4) is 0 Å². The SMILES string of the molecule is CCOc1ccccc1/C=N\N1C(=O)N[C@@](C)(c2ccc(OC(F)F)cc2)C1=O. The molecule has 1 fully saturated rings. The number of hydrazone groups is 1. The van der Waals surface area contributed by atoms with Crippen molar-refractivity contribution in [3.8, 4) is 11.5 Å². The third-order valence-electron chi connectivity index (χ3n) is 4.36. The molecule has 0 radical (unpaired) electrons. The number of carbonyl (C=O) groups is 2. The second-order valence-corrected chi connectivity index (χ2v) is 6.29. The summed E-state index contributed by atoms with van der Waals surface area (Å²) < 4.78 is 34.4. The van der Waals surface area contributed by atoms with Gasteiger partial charge in [-0.05, 0) is 43.7 Å². The smallest absolute Gasteiger partial charge is 0.387 e. The summed E-state index contributed by atoms with van der Waals surface area (Å²) in [7, 11) is 0. The summed E-state index contributed by atoms with van der Waals surface area (Å²) in [5.41, 5.74) is -0.376. The minimum atomic E-state index is -2.95. The molecule has 9 heteroatoms. The van der Waals surface area contributed by atoms with Crippen LogP contribution in [0.1, 0.15) is 25.0 Å². The lowest BCUT2D eigenvalue weighted by molar-refractivity contribution is -0.131. The first-order chi connectivity index (χ1) is 13.8. The maximum Gasteiger partial charge on any atom is 0.387 e. The molecule has 0 saturated carbocycles. The van der Waals surface area contributed by atoms with Gasteiger partial charge in [-0.3, -0.25) is 4.79 Å². The Hall–Kier alpha value is -3.49. The van der Waals surface area contributed by atoms with Gasteiger partial charge >= 0.3 is 12.6 Å². The predicted molar refractivity (Wildman–Crippen MR) is 101 cm³/mol. The largest absolute Gasteiger partial charge is 0.493 e. The molecule has 0 spiro atoms. The number of ether oxygens (including phenoxy) is 2. The maximum absolute atomic E-state index is 12.9. The molecule has 7 nitrogen and oxygen atoms in total. The maximum atomic E-state index is 12.9. The zero-order valence-electron chi connectivity index (χ0n) is 15.8. The first-order valence-electron chi connectivity index (χ1n) is 8.83. The molecule has 2 aromatic carbocycles. The fourth-order valence-corrected chi connectivity index (χ4v) is 2.89. The lowest BCUT2D eigenvalue weighted by Crippen LogP contribution is -2.40. The zero-order valence-corrected chi connectivity index (χ0v) is 15.8. The Bertz CT molecular complexity index is 934. The molecule has 2 aromatic rings. The van der Waals surface area contributed by atoms with E-state index < -0.39 is 24.1 Å². The number of urea groups is 1. The summed E-state index contributed by atoms with van der Waals surface area (Å²) in [6.45, 7) is 0.861. The summed E-state index contributed by atoms with van der Waals surface area (Å²) >= 11 is 0. The van der Waals surface area contributed by atoms with Crippen LogP contribution in [0.15, 0.2) is 53.6 Å². The molecule has 3 rings (SSSR count). The number of halogens is 2. The van der Waals surface area contributed by atoms with Crippen LogP contribution < -0.4 is 14.8 Å². The van der Waals surface area contributed by atoms with E-state index in [4.69, 9.17) is 4.74 Å². The van der Waals surface area contributed by atoms with Crippen molar-refractivity contribution in [2.75, 3.05) is 6.61 Å². The lowest BCUT2D eigenvalue weighted by atomic mass is 9.92. The van der Waals surface area contributed by atoms with E-state index in [1.807, 2.05) is 6.92 Å². The van der Waals surface area contributed by atoms with Crippen LogP contribution in [0, 0.1) is 0 Å². The molecule has 1 N–H and O–H groups in total. The first kappa shape index (κ1) is 20.2. The van der Waals surface area contributed by atoms with E-state index in [-0.39, 0.29) is 5.75 Å². The highest BCUT2D eigenvalue weighted by Gasteiger charge is 2.49. The molecular weight excluding hydrogens is 384 g/mol. The van der Waals surface area contributed by atoms with Gasteiger partial charge in [0.2, 0.25) is 0 Å². The molecule has 1 heterocycles. The summed E-state index contributed by atoms with van der Waals surface area (Å²) in [6.07, 6.45) is 1.37. The van der Waals surface area contributed by atoms with Crippen LogP contribution in [0.2, 0.25) is 0 Å². The molecule has 0 aromatic heterocycles. The van der Waals surface area contributed by atoms with Crippen LogP contribution >= 0.6 is 0 Å². The minimum Gasteiger partial charge on any atom is -0.493 e. The molecule has 0 bridgehead atoms.